The molecule has 4 nitrogen and oxygen atoms in total. The minimum absolute atomic E-state index is 0.242. The summed E-state index contributed by atoms with van der Waals surface area (Å²) in [6, 6.07) is 9.11. The van der Waals surface area contributed by atoms with Crippen LogP contribution in [0.4, 0.5) is 0 Å². The Labute approximate surface area is 99.9 Å². The van der Waals surface area contributed by atoms with Crippen LogP contribution in [0.2, 0.25) is 0 Å². The Bertz CT molecular complexity index is 399. The van der Waals surface area contributed by atoms with Crippen LogP contribution in [0.15, 0.2) is 30.3 Å². The van der Waals surface area contributed by atoms with E-state index in [0.717, 1.165) is 5.56 Å². The molecule has 0 aliphatic carbocycles. The number of carboxylic acid groups (broad SMARTS) is 2. The monoisotopic (exact) mass is 236 g/mol. The van der Waals surface area contributed by atoms with E-state index < -0.39 is 17.4 Å². The van der Waals surface area contributed by atoms with Gasteiger partial charge in [0, 0.05) is 0 Å². The summed E-state index contributed by atoms with van der Waals surface area (Å²) < 4.78 is 0. The molecule has 0 aliphatic rings. The smallest absolute Gasteiger partial charge is 0.310 e. The zero-order valence-corrected chi connectivity index (χ0v) is 9.72. The van der Waals surface area contributed by atoms with Crippen LogP contribution in [-0.2, 0) is 16.0 Å². The Morgan fingerprint density at radius 3 is 2.18 bits per heavy atom. The molecule has 1 unspecified atom stereocenters. The van der Waals surface area contributed by atoms with E-state index in [9.17, 15) is 14.7 Å². The Hall–Kier alpha value is -1.84. The summed E-state index contributed by atoms with van der Waals surface area (Å²) in [5.74, 6) is -2.13. The van der Waals surface area contributed by atoms with Crippen molar-refractivity contribution in [3.63, 3.8) is 0 Å². The van der Waals surface area contributed by atoms with Gasteiger partial charge in [-0.25, -0.2) is 0 Å². The SMILES string of the molecule is CCC(CC(=O)O)(Cc1ccccc1)C(=O)O. The molecule has 1 atom stereocenters. The molecule has 0 saturated carbocycles. The largest absolute Gasteiger partial charge is 0.481 e. The quantitative estimate of drug-likeness (QED) is 0.793. The van der Waals surface area contributed by atoms with Crippen LogP contribution in [0.3, 0.4) is 0 Å². The van der Waals surface area contributed by atoms with Gasteiger partial charge < -0.3 is 10.2 Å². The van der Waals surface area contributed by atoms with Gasteiger partial charge >= 0.3 is 11.9 Å². The maximum atomic E-state index is 11.3. The van der Waals surface area contributed by atoms with E-state index in [-0.39, 0.29) is 12.8 Å². The predicted octanol–water partition coefficient (Wildman–Crippen LogP) is 2.18. The van der Waals surface area contributed by atoms with Gasteiger partial charge in [-0.1, -0.05) is 37.3 Å². The summed E-state index contributed by atoms with van der Waals surface area (Å²) in [4.78, 5) is 22.1. The lowest BCUT2D eigenvalue weighted by molar-refractivity contribution is -0.156. The van der Waals surface area contributed by atoms with Gasteiger partial charge in [-0.15, -0.1) is 0 Å². The highest BCUT2D eigenvalue weighted by Crippen LogP contribution is 2.31. The molecule has 1 aromatic rings. The van der Waals surface area contributed by atoms with E-state index >= 15 is 0 Å². The highest BCUT2D eigenvalue weighted by molar-refractivity contribution is 5.81. The first-order chi connectivity index (χ1) is 8.00. The van der Waals surface area contributed by atoms with Crippen LogP contribution >= 0.6 is 0 Å². The lowest BCUT2D eigenvalue weighted by Crippen LogP contribution is -2.35. The number of hydrogen-bond acceptors (Lipinski definition) is 2. The Morgan fingerprint density at radius 2 is 1.76 bits per heavy atom. The average Bonchev–Trinajstić information content (AvgIpc) is 2.28. The van der Waals surface area contributed by atoms with Crippen LogP contribution < -0.4 is 0 Å². The summed E-state index contributed by atoms with van der Waals surface area (Å²) >= 11 is 0. The van der Waals surface area contributed by atoms with Crippen LogP contribution in [0.5, 0.6) is 0 Å². The maximum Gasteiger partial charge on any atom is 0.310 e. The molecule has 0 aromatic heterocycles. The average molecular weight is 236 g/mol. The number of benzene rings is 1. The van der Waals surface area contributed by atoms with Crippen molar-refractivity contribution in [2.24, 2.45) is 5.41 Å². The maximum absolute atomic E-state index is 11.3. The van der Waals surface area contributed by atoms with Crippen molar-refractivity contribution in [3.8, 4) is 0 Å². The standard InChI is InChI=1S/C13H16O4/c1-2-13(12(16)17,9-11(14)15)8-10-6-4-3-5-7-10/h3-7H,2,8-9H2,1H3,(H,14,15)(H,16,17). The second-order valence-corrected chi connectivity index (χ2v) is 4.17. The topological polar surface area (TPSA) is 74.6 Å². The molecular weight excluding hydrogens is 220 g/mol. The molecular formula is C13H16O4. The highest BCUT2D eigenvalue weighted by Gasteiger charge is 2.39. The van der Waals surface area contributed by atoms with Crippen LogP contribution in [0, 0.1) is 5.41 Å². The summed E-state index contributed by atoms with van der Waals surface area (Å²) in [5.41, 5.74) is -0.370. The second kappa shape index (κ2) is 5.48. The fourth-order valence-corrected chi connectivity index (χ4v) is 1.89. The van der Waals surface area contributed by atoms with Crippen molar-refractivity contribution in [1.29, 1.82) is 0 Å². The third-order valence-corrected chi connectivity index (χ3v) is 3.01. The molecule has 92 valence electrons. The van der Waals surface area contributed by atoms with Crippen LogP contribution in [-0.4, -0.2) is 22.2 Å². The van der Waals surface area contributed by atoms with Crippen LogP contribution in [0.1, 0.15) is 25.3 Å². The molecule has 0 fully saturated rings. The lowest BCUT2D eigenvalue weighted by Gasteiger charge is -2.26. The molecule has 0 radical (unpaired) electrons. The fourth-order valence-electron chi connectivity index (χ4n) is 1.89. The van der Waals surface area contributed by atoms with E-state index in [1.54, 1.807) is 6.92 Å². The zero-order valence-electron chi connectivity index (χ0n) is 9.72. The van der Waals surface area contributed by atoms with Gasteiger partial charge in [0.25, 0.3) is 0 Å². The summed E-state index contributed by atoms with van der Waals surface area (Å²) in [6.07, 6.45) is 0.184. The van der Waals surface area contributed by atoms with Gasteiger partial charge in [-0.05, 0) is 18.4 Å². The third kappa shape index (κ3) is 3.31. The van der Waals surface area contributed by atoms with Gasteiger partial charge in [0.15, 0.2) is 0 Å². The van der Waals surface area contributed by atoms with Crippen molar-refractivity contribution >= 4 is 11.9 Å². The molecule has 0 saturated heterocycles. The lowest BCUT2D eigenvalue weighted by atomic mass is 9.76. The molecule has 2 N–H and O–H groups in total. The minimum Gasteiger partial charge on any atom is -0.481 e. The second-order valence-electron chi connectivity index (χ2n) is 4.17. The Morgan fingerprint density at radius 1 is 1.18 bits per heavy atom. The Balaban J connectivity index is 2.98. The minimum atomic E-state index is -1.22. The van der Waals surface area contributed by atoms with Crippen molar-refractivity contribution in [2.75, 3.05) is 0 Å². The highest BCUT2D eigenvalue weighted by atomic mass is 16.4. The molecule has 0 heterocycles. The zero-order chi connectivity index (χ0) is 12.9. The summed E-state index contributed by atoms with van der Waals surface area (Å²) in [5, 5.41) is 18.1. The molecule has 0 amide bonds. The number of carbonyl (C=O) groups is 2. The predicted molar refractivity (Wildman–Crippen MR) is 62.8 cm³/mol. The van der Waals surface area contributed by atoms with Gasteiger partial charge in [0.05, 0.1) is 11.8 Å². The van der Waals surface area contributed by atoms with Crippen molar-refractivity contribution < 1.29 is 19.8 Å². The van der Waals surface area contributed by atoms with E-state index in [2.05, 4.69) is 0 Å². The number of carboxylic acids is 2. The molecule has 1 aromatic carbocycles. The van der Waals surface area contributed by atoms with Gasteiger partial charge in [0.2, 0.25) is 0 Å². The summed E-state index contributed by atoms with van der Waals surface area (Å²) in [6.45, 7) is 1.71. The fraction of sp³-hybridized carbons (Fsp3) is 0.385. The first-order valence-corrected chi connectivity index (χ1v) is 5.49. The molecule has 1 rings (SSSR count). The van der Waals surface area contributed by atoms with Crippen molar-refractivity contribution in [1.82, 2.24) is 0 Å². The number of hydrogen-bond donors (Lipinski definition) is 2. The van der Waals surface area contributed by atoms with Gasteiger partial charge in [-0.2, -0.15) is 0 Å². The molecule has 0 aliphatic heterocycles. The summed E-state index contributed by atoms with van der Waals surface area (Å²) in [7, 11) is 0. The van der Waals surface area contributed by atoms with Crippen LogP contribution in [0.25, 0.3) is 0 Å². The number of rotatable bonds is 6. The first-order valence-electron chi connectivity index (χ1n) is 5.49. The van der Waals surface area contributed by atoms with Crippen molar-refractivity contribution in [2.45, 2.75) is 26.2 Å². The van der Waals surface area contributed by atoms with Gasteiger partial charge in [0.1, 0.15) is 0 Å². The van der Waals surface area contributed by atoms with E-state index in [0.29, 0.717) is 6.42 Å². The van der Waals surface area contributed by atoms with Gasteiger partial charge in [-0.3, -0.25) is 9.59 Å². The third-order valence-electron chi connectivity index (χ3n) is 3.01. The normalized spacial score (nSPS) is 13.9. The Kier molecular flexibility index (Phi) is 4.26. The van der Waals surface area contributed by atoms with E-state index in [1.807, 2.05) is 30.3 Å². The van der Waals surface area contributed by atoms with E-state index in [4.69, 9.17) is 5.11 Å². The van der Waals surface area contributed by atoms with E-state index in [1.165, 1.54) is 0 Å². The first kappa shape index (κ1) is 13.2. The molecule has 17 heavy (non-hydrogen) atoms. The number of aliphatic carboxylic acids is 2. The molecule has 0 spiro atoms. The molecule has 0 bridgehead atoms. The molecule has 4 heteroatoms. The van der Waals surface area contributed by atoms with Crippen molar-refractivity contribution in [3.05, 3.63) is 35.9 Å².